The molecule has 2 aromatic rings. The van der Waals surface area contributed by atoms with Crippen LogP contribution in [0.5, 0.6) is 5.75 Å². The number of nitrogens with one attached hydrogen (secondary N) is 1. The number of carbonyl (C=O) groups is 2. The van der Waals surface area contributed by atoms with Gasteiger partial charge in [0, 0.05) is 43.1 Å². The maximum absolute atomic E-state index is 13.6. The van der Waals surface area contributed by atoms with Crippen LogP contribution < -0.4 is 14.4 Å². The van der Waals surface area contributed by atoms with E-state index in [4.69, 9.17) is 30.5 Å². The van der Waals surface area contributed by atoms with E-state index >= 15 is 0 Å². The molecule has 10 nitrogen and oxygen atoms in total. The first-order valence-electron chi connectivity index (χ1n) is 18.6. The molecule has 1 aliphatic carbocycles. The Morgan fingerprint density at radius 1 is 1.10 bits per heavy atom. The first kappa shape index (κ1) is 37.6. The normalized spacial score (nSPS) is 27.2. The van der Waals surface area contributed by atoms with Crippen molar-refractivity contribution in [2.75, 3.05) is 50.9 Å². The Labute approximate surface area is 309 Å². The van der Waals surface area contributed by atoms with E-state index in [0.29, 0.717) is 62.9 Å². The number of halogens is 1. The van der Waals surface area contributed by atoms with Gasteiger partial charge < -0.3 is 28.7 Å². The summed E-state index contributed by atoms with van der Waals surface area (Å²) in [6, 6.07) is 11.6. The molecule has 6 rings (SSSR count). The number of aryl methyl sites for hydroxylation is 1. The van der Waals surface area contributed by atoms with Crippen LogP contribution in [-0.4, -0.2) is 84.9 Å². The van der Waals surface area contributed by atoms with Crippen LogP contribution in [0.4, 0.5) is 10.5 Å². The second-order valence-electron chi connectivity index (χ2n) is 14.1. The molecule has 3 heterocycles. The summed E-state index contributed by atoms with van der Waals surface area (Å²) in [7, 11) is -1.79. The second kappa shape index (κ2) is 17.1. The highest BCUT2D eigenvalue weighted by molar-refractivity contribution is 7.83. The summed E-state index contributed by atoms with van der Waals surface area (Å²) in [5.41, 5.74) is 2.21. The lowest BCUT2D eigenvalue weighted by Gasteiger charge is -2.39. The molecule has 0 radical (unpaired) electrons. The van der Waals surface area contributed by atoms with Gasteiger partial charge in [-0.25, -0.2) is 9.00 Å². The lowest BCUT2D eigenvalue weighted by atomic mass is 9.79. The standard InChI is InChI=1S/C39H52ClN3O7S/c1-4-9-28-22-30(40)11-13-33(28)29-24-42-19-15-27(5-2)35(50-38(45)43-20-16-31(25-43)47-6-3)10-7-21-49-39(17-8-18-39)37(44)41-51(46)32-12-14-36(48-26-29)34(42)23-32/h7,10-14,22-23,27,29,31,35H,4-6,8-9,15-21,24-26H2,1-3H3,(H,41,44)/b10-7+. The number of anilines is 1. The Morgan fingerprint density at radius 2 is 1.94 bits per heavy atom. The van der Waals surface area contributed by atoms with E-state index in [1.807, 2.05) is 37.3 Å². The number of rotatable bonds is 7. The van der Waals surface area contributed by atoms with E-state index in [-0.39, 0.29) is 36.5 Å². The highest BCUT2D eigenvalue weighted by Crippen LogP contribution is 2.39. The maximum atomic E-state index is 13.6. The van der Waals surface area contributed by atoms with E-state index in [9.17, 15) is 13.8 Å². The van der Waals surface area contributed by atoms with Crippen molar-refractivity contribution >= 4 is 40.3 Å². The zero-order chi connectivity index (χ0) is 36.0. The van der Waals surface area contributed by atoms with Crippen LogP contribution in [0.3, 0.4) is 0 Å². The summed E-state index contributed by atoms with van der Waals surface area (Å²) >= 11 is 6.45. The molecular weight excluding hydrogens is 690 g/mol. The summed E-state index contributed by atoms with van der Waals surface area (Å²) in [4.78, 5) is 31.6. The van der Waals surface area contributed by atoms with Gasteiger partial charge in [0.2, 0.25) is 0 Å². The van der Waals surface area contributed by atoms with Gasteiger partial charge >= 0.3 is 6.09 Å². The number of likely N-dealkylation sites (tertiary alicyclic amines) is 1. The van der Waals surface area contributed by atoms with E-state index in [2.05, 4.69) is 35.6 Å². The van der Waals surface area contributed by atoms with Crippen LogP contribution in [0.1, 0.15) is 82.8 Å². The van der Waals surface area contributed by atoms with Crippen molar-refractivity contribution in [2.45, 2.75) is 101 Å². The van der Waals surface area contributed by atoms with E-state index < -0.39 is 22.7 Å². The van der Waals surface area contributed by atoms with Crippen LogP contribution in [0, 0.1) is 5.92 Å². The minimum Gasteiger partial charge on any atom is -0.491 e. The van der Waals surface area contributed by atoms with Gasteiger partial charge in [0.05, 0.1) is 36.4 Å². The third kappa shape index (κ3) is 8.75. The Bertz CT molecular complexity index is 1600. The van der Waals surface area contributed by atoms with E-state index in [0.717, 1.165) is 49.2 Å². The van der Waals surface area contributed by atoms with Crippen LogP contribution in [0.15, 0.2) is 53.4 Å². The van der Waals surface area contributed by atoms with Gasteiger partial charge in [-0.1, -0.05) is 44.0 Å². The van der Waals surface area contributed by atoms with E-state index in [1.165, 1.54) is 11.1 Å². The van der Waals surface area contributed by atoms with Gasteiger partial charge in [-0.2, -0.15) is 0 Å². The maximum Gasteiger partial charge on any atom is 0.410 e. The number of fused-ring (bicyclic) bond motifs is 1. The average molecular weight is 742 g/mol. The van der Waals surface area contributed by atoms with Crippen LogP contribution in [0.2, 0.25) is 5.02 Å². The molecule has 1 spiro atoms. The number of benzene rings is 2. The molecular formula is C39H52ClN3O7S. The SMILES string of the molecule is CCCc1cc(Cl)ccc1C1COc2ccc3cc2N(CCC(CC)C(OC(=O)N2CCC(OCC)C2)/C=C/COC2(CCC2)C(=O)NS3=O)C1. The fourth-order valence-corrected chi connectivity index (χ4v) is 8.76. The fraction of sp³-hybridized carbons (Fsp3) is 0.590. The highest BCUT2D eigenvalue weighted by atomic mass is 35.5. The molecule has 5 atom stereocenters. The van der Waals surface area contributed by atoms with Crippen molar-refractivity contribution < 1.29 is 32.7 Å². The Kier molecular flexibility index (Phi) is 12.6. The Morgan fingerprint density at radius 3 is 2.69 bits per heavy atom. The molecule has 1 saturated heterocycles. The molecule has 0 aromatic heterocycles. The molecule has 2 fully saturated rings. The van der Waals surface area contributed by atoms with E-state index in [1.54, 1.807) is 11.0 Å². The first-order valence-corrected chi connectivity index (χ1v) is 20.2. The number of amides is 2. The molecule has 1 saturated carbocycles. The molecule has 1 N–H and O–H groups in total. The minimum absolute atomic E-state index is 0.000991. The lowest BCUT2D eigenvalue weighted by Crippen LogP contribution is -2.54. The van der Waals surface area contributed by atoms with Gasteiger partial charge in [0.25, 0.3) is 5.91 Å². The number of nitrogens with zero attached hydrogens (tertiary/aromatic N) is 2. The van der Waals surface area contributed by atoms with Crippen molar-refractivity contribution in [3.8, 4) is 5.75 Å². The van der Waals surface area contributed by atoms with Gasteiger partial charge in [0.1, 0.15) is 17.5 Å². The average Bonchev–Trinajstić information content (AvgIpc) is 3.49. The minimum atomic E-state index is -1.79. The van der Waals surface area contributed by atoms with Gasteiger partial charge in [-0.05, 0) is 99.4 Å². The molecule has 12 heteroatoms. The number of carbonyl (C=O) groups excluding carboxylic acids is 2. The molecule has 2 bridgehead atoms. The molecule has 2 amide bonds. The fourth-order valence-electron chi connectivity index (χ4n) is 7.69. The molecule has 2 aromatic carbocycles. The monoisotopic (exact) mass is 741 g/mol. The molecule has 3 aliphatic heterocycles. The van der Waals surface area contributed by atoms with Crippen LogP contribution in [-0.2, 0) is 36.4 Å². The van der Waals surface area contributed by atoms with Crippen molar-refractivity contribution in [1.82, 2.24) is 9.62 Å². The van der Waals surface area contributed by atoms with Gasteiger partial charge in [0.15, 0.2) is 11.0 Å². The zero-order valence-corrected chi connectivity index (χ0v) is 31.6. The third-order valence-electron chi connectivity index (χ3n) is 10.8. The largest absolute Gasteiger partial charge is 0.491 e. The summed E-state index contributed by atoms with van der Waals surface area (Å²) in [5.74, 6) is 0.366. The quantitative estimate of drug-likeness (QED) is 0.304. The van der Waals surface area contributed by atoms with Crippen LogP contribution in [0.25, 0.3) is 0 Å². The first-order chi connectivity index (χ1) is 24.7. The van der Waals surface area contributed by atoms with Crippen LogP contribution >= 0.6 is 11.6 Å². The third-order valence-corrected chi connectivity index (χ3v) is 12.1. The van der Waals surface area contributed by atoms with Crippen molar-refractivity contribution in [1.29, 1.82) is 0 Å². The second-order valence-corrected chi connectivity index (χ2v) is 15.7. The van der Waals surface area contributed by atoms with Gasteiger partial charge in [-0.3, -0.25) is 9.52 Å². The smallest absolute Gasteiger partial charge is 0.410 e. The van der Waals surface area contributed by atoms with Crippen molar-refractivity contribution in [3.05, 3.63) is 64.7 Å². The highest BCUT2D eigenvalue weighted by Gasteiger charge is 2.46. The summed E-state index contributed by atoms with van der Waals surface area (Å²) in [6.07, 6.45) is 9.09. The lowest BCUT2D eigenvalue weighted by molar-refractivity contribution is -0.155. The molecule has 51 heavy (non-hydrogen) atoms. The van der Waals surface area contributed by atoms with Crippen molar-refractivity contribution in [3.63, 3.8) is 0 Å². The predicted molar refractivity (Wildman–Crippen MR) is 199 cm³/mol. The zero-order valence-electron chi connectivity index (χ0n) is 30.1. The summed E-state index contributed by atoms with van der Waals surface area (Å²) < 4.78 is 41.1. The molecule has 5 unspecified atom stereocenters. The number of ether oxygens (including phenoxy) is 4. The predicted octanol–water partition coefficient (Wildman–Crippen LogP) is 6.96. The number of hydrogen-bond donors (Lipinski definition) is 1. The Balaban J connectivity index is 1.33. The number of hydrogen-bond acceptors (Lipinski definition) is 8. The molecule has 278 valence electrons. The van der Waals surface area contributed by atoms with Gasteiger partial charge in [-0.15, -0.1) is 0 Å². The Hall–Kier alpha value is -3.12. The topological polar surface area (TPSA) is 107 Å². The molecule has 4 aliphatic rings. The van der Waals surface area contributed by atoms with Crippen molar-refractivity contribution in [2.24, 2.45) is 5.92 Å². The summed E-state index contributed by atoms with van der Waals surface area (Å²) in [6.45, 7) is 9.92. The summed E-state index contributed by atoms with van der Waals surface area (Å²) in [5, 5.41) is 0.718.